The normalized spacial score (nSPS) is 24.2. The minimum Gasteiger partial charge on any atom is -0.339 e. The Bertz CT molecular complexity index is 352. The summed E-state index contributed by atoms with van der Waals surface area (Å²) < 4.78 is 2.24. The van der Waals surface area contributed by atoms with Crippen molar-refractivity contribution in [2.75, 3.05) is 11.4 Å². The average Bonchev–Trinajstić information content (AvgIpc) is 2.85. The number of hydrogen-bond donors (Lipinski definition) is 1. The molecule has 2 N–H and O–H groups in total. The van der Waals surface area contributed by atoms with Gasteiger partial charge in [-0.05, 0) is 39.0 Å². The Morgan fingerprint density at radius 3 is 2.67 bits per heavy atom. The lowest BCUT2D eigenvalue weighted by molar-refractivity contribution is 0.370. The van der Waals surface area contributed by atoms with E-state index in [9.17, 15) is 0 Å². The summed E-state index contributed by atoms with van der Waals surface area (Å²) in [7, 11) is 0. The highest BCUT2D eigenvalue weighted by atomic mass is 15.3. The average molecular weight is 250 g/mol. The molecule has 0 atom stereocenters. The number of anilines is 1. The fraction of sp³-hybridized carbons (Fsp3) is 0.786. The van der Waals surface area contributed by atoms with Crippen LogP contribution < -0.4 is 10.6 Å². The second-order valence-electron chi connectivity index (χ2n) is 5.28. The predicted octanol–water partition coefficient (Wildman–Crippen LogP) is 2.39. The topological polar surface area (TPSA) is 47.1 Å². The van der Waals surface area contributed by atoms with Gasteiger partial charge in [-0.1, -0.05) is 6.92 Å². The van der Waals surface area contributed by atoms with E-state index in [1.54, 1.807) is 0 Å². The van der Waals surface area contributed by atoms with E-state index in [0.29, 0.717) is 12.1 Å². The first-order valence-corrected chi connectivity index (χ1v) is 7.29. The standard InChI is InChI=1S/C14H26N4/c1-3-10-18(13-7-5-12(15)6-8-13)14-16-9-11-17(14)4-2/h9,11-13H,3-8,10,15H2,1-2H3. The van der Waals surface area contributed by atoms with E-state index in [2.05, 4.69) is 34.5 Å². The molecule has 0 saturated heterocycles. The summed E-state index contributed by atoms with van der Waals surface area (Å²) in [6.45, 7) is 6.49. The first kappa shape index (κ1) is 13.4. The molecule has 1 saturated carbocycles. The number of aryl methyl sites for hydroxylation is 1. The van der Waals surface area contributed by atoms with Crippen LogP contribution in [-0.2, 0) is 6.54 Å². The van der Waals surface area contributed by atoms with Crippen molar-refractivity contribution in [1.29, 1.82) is 0 Å². The molecule has 18 heavy (non-hydrogen) atoms. The maximum Gasteiger partial charge on any atom is 0.205 e. The van der Waals surface area contributed by atoms with E-state index in [1.165, 1.54) is 19.3 Å². The molecule has 0 aromatic carbocycles. The second kappa shape index (κ2) is 6.23. The van der Waals surface area contributed by atoms with Crippen LogP contribution >= 0.6 is 0 Å². The number of aromatic nitrogens is 2. The number of rotatable bonds is 5. The van der Waals surface area contributed by atoms with Crippen molar-refractivity contribution in [1.82, 2.24) is 9.55 Å². The molecule has 4 heteroatoms. The van der Waals surface area contributed by atoms with Gasteiger partial charge in [0.15, 0.2) is 0 Å². The molecule has 4 nitrogen and oxygen atoms in total. The van der Waals surface area contributed by atoms with Crippen molar-refractivity contribution in [2.24, 2.45) is 5.73 Å². The molecule has 1 aromatic rings. The van der Waals surface area contributed by atoms with Gasteiger partial charge in [0.2, 0.25) is 5.95 Å². The predicted molar refractivity (Wildman–Crippen MR) is 75.8 cm³/mol. The first-order chi connectivity index (χ1) is 8.76. The number of hydrogen-bond acceptors (Lipinski definition) is 3. The zero-order chi connectivity index (χ0) is 13.0. The molecule has 1 fully saturated rings. The van der Waals surface area contributed by atoms with Crippen LogP contribution in [0.25, 0.3) is 0 Å². The third-order valence-corrected chi connectivity index (χ3v) is 3.94. The zero-order valence-corrected chi connectivity index (χ0v) is 11.7. The van der Waals surface area contributed by atoms with Crippen LogP contribution in [0.3, 0.4) is 0 Å². The van der Waals surface area contributed by atoms with Gasteiger partial charge in [0, 0.05) is 37.6 Å². The molecule has 102 valence electrons. The van der Waals surface area contributed by atoms with Crippen molar-refractivity contribution in [3.05, 3.63) is 12.4 Å². The molecule has 1 heterocycles. The second-order valence-corrected chi connectivity index (χ2v) is 5.28. The van der Waals surface area contributed by atoms with Crippen LogP contribution in [0.15, 0.2) is 12.4 Å². The molecule has 1 aliphatic rings. The summed E-state index contributed by atoms with van der Waals surface area (Å²) in [5.74, 6) is 1.14. The summed E-state index contributed by atoms with van der Waals surface area (Å²) in [6, 6.07) is 1.04. The first-order valence-electron chi connectivity index (χ1n) is 7.29. The van der Waals surface area contributed by atoms with Gasteiger partial charge in [0.25, 0.3) is 0 Å². The minimum absolute atomic E-state index is 0.413. The molecule has 0 amide bonds. The van der Waals surface area contributed by atoms with Gasteiger partial charge in [0.05, 0.1) is 0 Å². The van der Waals surface area contributed by atoms with Crippen molar-refractivity contribution < 1.29 is 0 Å². The summed E-state index contributed by atoms with van der Waals surface area (Å²) in [6.07, 6.45) is 9.87. The Balaban J connectivity index is 2.12. The van der Waals surface area contributed by atoms with Gasteiger partial charge in [-0.15, -0.1) is 0 Å². The van der Waals surface area contributed by atoms with Crippen molar-refractivity contribution in [3.63, 3.8) is 0 Å². The Kier molecular flexibility index (Phi) is 4.64. The maximum atomic E-state index is 6.01. The van der Waals surface area contributed by atoms with Crippen LogP contribution in [0, 0.1) is 0 Å². The number of imidazole rings is 1. The van der Waals surface area contributed by atoms with Gasteiger partial charge < -0.3 is 15.2 Å². The highest BCUT2D eigenvalue weighted by Gasteiger charge is 2.26. The van der Waals surface area contributed by atoms with Crippen molar-refractivity contribution in [2.45, 2.75) is 64.6 Å². The van der Waals surface area contributed by atoms with Crippen molar-refractivity contribution >= 4 is 5.95 Å². The van der Waals surface area contributed by atoms with Gasteiger partial charge >= 0.3 is 0 Å². The molecule has 0 bridgehead atoms. The van der Waals surface area contributed by atoms with Crippen molar-refractivity contribution in [3.8, 4) is 0 Å². The molecular formula is C14H26N4. The molecule has 1 aromatic heterocycles. The molecule has 0 radical (unpaired) electrons. The summed E-state index contributed by atoms with van der Waals surface area (Å²) in [5.41, 5.74) is 6.01. The quantitative estimate of drug-likeness (QED) is 0.873. The summed E-state index contributed by atoms with van der Waals surface area (Å²) in [5, 5.41) is 0. The Labute approximate surface area is 110 Å². The van der Waals surface area contributed by atoms with Gasteiger partial charge in [-0.25, -0.2) is 4.98 Å². The third kappa shape index (κ3) is 2.86. The van der Waals surface area contributed by atoms with E-state index in [-0.39, 0.29) is 0 Å². The minimum atomic E-state index is 0.413. The zero-order valence-electron chi connectivity index (χ0n) is 11.7. The highest BCUT2D eigenvalue weighted by molar-refractivity contribution is 5.33. The highest BCUT2D eigenvalue weighted by Crippen LogP contribution is 2.26. The molecule has 2 rings (SSSR count). The Morgan fingerprint density at radius 2 is 2.06 bits per heavy atom. The van der Waals surface area contributed by atoms with E-state index in [1.807, 2.05) is 6.20 Å². The maximum absolute atomic E-state index is 6.01. The fourth-order valence-electron chi connectivity index (χ4n) is 2.91. The monoisotopic (exact) mass is 250 g/mol. The third-order valence-electron chi connectivity index (χ3n) is 3.94. The SMILES string of the molecule is CCCN(c1nccn1CC)C1CCC(N)CC1. The molecule has 0 aliphatic heterocycles. The summed E-state index contributed by atoms with van der Waals surface area (Å²) >= 11 is 0. The van der Waals surface area contributed by atoms with E-state index in [0.717, 1.165) is 31.9 Å². The Morgan fingerprint density at radius 1 is 1.33 bits per heavy atom. The largest absolute Gasteiger partial charge is 0.339 e. The summed E-state index contributed by atoms with van der Waals surface area (Å²) in [4.78, 5) is 7.05. The van der Waals surface area contributed by atoms with Crippen LogP contribution in [0.2, 0.25) is 0 Å². The lowest BCUT2D eigenvalue weighted by atomic mass is 9.91. The van der Waals surface area contributed by atoms with Gasteiger partial charge in [-0.3, -0.25) is 0 Å². The van der Waals surface area contributed by atoms with E-state index >= 15 is 0 Å². The van der Waals surface area contributed by atoms with Crippen LogP contribution in [0.4, 0.5) is 5.95 Å². The Hall–Kier alpha value is -1.03. The molecule has 1 aliphatic carbocycles. The lowest BCUT2D eigenvalue weighted by Gasteiger charge is -2.36. The lowest BCUT2D eigenvalue weighted by Crippen LogP contribution is -2.42. The van der Waals surface area contributed by atoms with E-state index < -0.39 is 0 Å². The van der Waals surface area contributed by atoms with Crippen LogP contribution in [0.1, 0.15) is 46.0 Å². The molecule has 0 unspecified atom stereocenters. The van der Waals surface area contributed by atoms with Gasteiger partial charge in [0.1, 0.15) is 0 Å². The van der Waals surface area contributed by atoms with Gasteiger partial charge in [-0.2, -0.15) is 0 Å². The fourth-order valence-corrected chi connectivity index (χ4v) is 2.91. The molecule has 0 spiro atoms. The number of nitrogens with zero attached hydrogens (tertiary/aromatic N) is 3. The van der Waals surface area contributed by atoms with Crippen LogP contribution in [0.5, 0.6) is 0 Å². The van der Waals surface area contributed by atoms with Crippen LogP contribution in [-0.4, -0.2) is 28.2 Å². The molecular weight excluding hydrogens is 224 g/mol. The van der Waals surface area contributed by atoms with E-state index in [4.69, 9.17) is 5.73 Å². The smallest absolute Gasteiger partial charge is 0.205 e. The number of nitrogens with two attached hydrogens (primary N) is 1.